The van der Waals surface area contributed by atoms with Crippen LogP contribution in [0.2, 0.25) is 0 Å². The molecule has 132 valence electrons. The van der Waals surface area contributed by atoms with E-state index in [1.54, 1.807) is 41.4 Å². The maximum absolute atomic E-state index is 13.0. The molecule has 0 saturated carbocycles. The first kappa shape index (κ1) is 16.3. The average molecular weight is 352 g/mol. The average Bonchev–Trinajstić information content (AvgIpc) is 2.69. The molecule has 1 fully saturated rings. The Morgan fingerprint density at radius 3 is 2.46 bits per heavy atom. The van der Waals surface area contributed by atoms with Gasteiger partial charge in [-0.25, -0.2) is 9.37 Å². The summed E-state index contributed by atoms with van der Waals surface area (Å²) < 4.78 is 14.4. The maximum atomic E-state index is 13.0. The lowest BCUT2D eigenvalue weighted by Crippen LogP contribution is -2.49. The third-order valence-corrected chi connectivity index (χ3v) is 4.60. The van der Waals surface area contributed by atoms with Gasteiger partial charge >= 0.3 is 0 Å². The van der Waals surface area contributed by atoms with E-state index in [0.29, 0.717) is 31.8 Å². The molecule has 0 N–H and O–H groups in total. The molecule has 6 nitrogen and oxygen atoms in total. The van der Waals surface area contributed by atoms with Crippen molar-refractivity contribution in [3.05, 3.63) is 76.6 Å². The predicted molar refractivity (Wildman–Crippen MR) is 96.0 cm³/mol. The Morgan fingerprint density at radius 2 is 1.73 bits per heavy atom. The minimum Gasteiger partial charge on any atom is -0.368 e. The lowest BCUT2D eigenvalue weighted by atomic mass is 10.2. The third kappa shape index (κ3) is 2.92. The number of carbonyl (C=O) groups is 1. The number of benzene rings is 1. The van der Waals surface area contributed by atoms with Gasteiger partial charge in [-0.2, -0.15) is 0 Å². The van der Waals surface area contributed by atoms with E-state index in [1.807, 2.05) is 0 Å². The minimum atomic E-state index is -0.360. The Bertz CT molecular complexity index is 1010. The van der Waals surface area contributed by atoms with Crippen molar-refractivity contribution in [2.75, 3.05) is 31.1 Å². The second kappa shape index (κ2) is 6.59. The van der Waals surface area contributed by atoms with Crippen LogP contribution >= 0.6 is 0 Å². The van der Waals surface area contributed by atoms with Crippen LogP contribution in [0.1, 0.15) is 10.4 Å². The SMILES string of the molecule is O=C(c1cnc2ccccn2c1=O)N1CCN(c2ccc(F)cc2)CC1. The zero-order chi connectivity index (χ0) is 18.1. The summed E-state index contributed by atoms with van der Waals surface area (Å²) in [6, 6.07) is 11.5. The zero-order valence-electron chi connectivity index (χ0n) is 14.0. The molecule has 3 aromatic rings. The number of hydrogen-bond acceptors (Lipinski definition) is 4. The van der Waals surface area contributed by atoms with E-state index in [2.05, 4.69) is 9.88 Å². The number of nitrogens with zero attached hydrogens (tertiary/aromatic N) is 4. The molecule has 0 radical (unpaired) electrons. The number of halogens is 1. The van der Waals surface area contributed by atoms with Crippen LogP contribution in [0.25, 0.3) is 5.65 Å². The second-order valence-electron chi connectivity index (χ2n) is 6.16. The molecule has 1 saturated heterocycles. The van der Waals surface area contributed by atoms with Crippen molar-refractivity contribution in [2.45, 2.75) is 0 Å². The van der Waals surface area contributed by atoms with E-state index < -0.39 is 0 Å². The fraction of sp³-hybridized carbons (Fsp3) is 0.211. The summed E-state index contributed by atoms with van der Waals surface area (Å²) in [6.45, 7) is 2.24. The van der Waals surface area contributed by atoms with E-state index in [-0.39, 0.29) is 22.8 Å². The van der Waals surface area contributed by atoms with Crippen molar-refractivity contribution < 1.29 is 9.18 Å². The molecule has 26 heavy (non-hydrogen) atoms. The first-order valence-electron chi connectivity index (χ1n) is 8.40. The van der Waals surface area contributed by atoms with Gasteiger partial charge in [0.25, 0.3) is 11.5 Å². The highest BCUT2D eigenvalue weighted by atomic mass is 19.1. The normalized spacial score (nSPS) is 14.7. The standard InChI is InChI=1S/C19H17FN4O2/c20-14-4-6-15(7-5-14)22-9-11-23(12-10-22)18(25)16-13-21-17-3-1-2-8-24(17)19(16)26/h1-8,13H,9-12H2. The van der Waals surface area contributed by atoms with Crippen molar-refractivity contribution in [2.24, 2.45) is 0 Å². The van der Waals surface area contributed by atoms with E-state index in [4.69, 9.17) is 0 Å². The van der Waals surface area contributed by atoms with Gasteiger partial charge in [-0.15, -0.1) is 0 Å². The van der Waals surface area contributed by atoms with E-state index in [1.165, 1.54) is 22.7 Å². The van der Waals surface area contributed by atoms with Gasteiger partial charge in [-0.3, -0.25) is 14.0 Å². The first-order chi connectivity index (χ1) is 12.6. The second-order valence-corrected chi connectivity index (χ2v) is 6.16. The van der Waals surface area contributed by atoms with Gasteiger partial charge in [0, 0.05) is 44.3 Å². The van der Waals surface area contributed by atoms with Crippen LogP contribution in [0.4, 0.5) is 10.1 Å². The number of fused-ring (bicyclic) bond motifs is 1. The Morgan fingerprint density at radius 1 is 1.00 bits per heavy atom. The van der Waals surface area contributed by atoms with Crippen LogP contribution in [0.3, 0.4) is 0 Å². The number of rotatable bonds is 2. The Balaban J connectivity index is 1.51. The summed E-state index contributed by atoms with van der Waals surface area (Å²) in [5, 5.41) is 0. The van der Waals surface area contributed by atoms with Gasteiger partial charge in [0.05, 0.1) is 0 Å². The molecule has 0 bridgehead atoms. The Kier molecular flexibility index (Phi) is 4.12. The van der Waals surface area contributed by atoms with Crippen molar-refractivity contribution in [3.63, 3.8) is 0 Å². The monoisotopic (exact) mass is 352 g/mol. The van der Waals surface area contributed by atoms with Gasteiger partial charge in [0.2, 0.25) is 0 Å². The lowest BCUT2D eigenvalue weighted by molar-refractivity contribution is 0.0744. The molecule has 4 rings (SSSR count). The van der Waals surface area contributed by atoms with Gasteiger partial charge in [0.15, 0.2) is 0 Å². The van der Waals surface area contributed by atoms with Crippen LogP contribution in [0.5, 0.6) is 0 Å². The highest BCUT2D eigenvalue weighted by molar-refractivity contribution is 5.94. The van der Waals surface area contributed by atoms with Crippen molar-refractivity contribution in [1.82, 2.24) is 14.3 Å². The van der Waals surface area contributed by atoms with E-state index in [0.717, 1.165) is 5.69 Å². The molecule has 7 heteroatoms. The number of aromatic nitrogens is 2. The van der Waals surface area contributed by atoms with Crippen molar-refractivity contribution >= 4 is 17.2 Å². The van der Waals surface area contributed by atoms with Crippen LogP contribution in [-0.4, -0.2) is 46.4 Å². The first-order valence-corrected chi connectivity index (χ1v) is 8.40. The van der Waals surface area contributed by atoms with E-state index >= 15 is 0 Å². The number of carbonyl (C=O) groups excluding carboxylic acids is 1. The lowest BCUT2D eigenvalue weighted by Gasteiger charge is -2.36. The zero-order valence-corrected chi connectivity index (χ0v) is 14.0. The molecule has 1 aliphatic heterocycles. The maximum Gasteiger partial charge on any atom is 0.270 e. The van der Waals surface area contributed by atoms with Crippen molar-refractivity contribution in [3.8, 4) is 0 Å². The Labute approximate surface area is 149 Å². The summed E-state index contributed by atoms with van der Waals surface area (Å²) in [5.41, 5.74) is 1.15. The molecular weight excluding hydrogens is 335 g/mol. The molecule has 1 aliphatic rings. The molecular formula is C19H17FN4O2. The molecule has 0 spiro atoms. The van der Waals surface area contributed by atoms with Crippen LogP contribution < -0.4 is 10.5 Å². The van der Waals surface area contributed by atoms with Gasteiger partial charge < -0.3 is 9.80 Å². The summed E-state index contributed by atoms with van der Waals surface area (Å²) in [7, 11) is 0. The number of pyridine rings is 1. The number of amides is 1. The minimum absolute atomic E-state index is 0.0731. The highest BCUT2D eigenvalue weighted by Gasteiger charge is 2.24. The number of piperazine rings is 1. The summed E-state index contributed by atoms with van der Waals surface area (Å²) in [5.74, 6) is -0.577. The molecule has 1 amide bonds. The molecule has 3 heterocycles. The highest BCUT2D eigenvalue weighted by Crippen LogP contribution is 2.17. The fourth-order valence-corrected chi connectivity index (χ4v) is 3.16. The molecule has 0 unspecified atom stereocenters. The molecule has 0 atom stereocenters. The summed E-state index contributed by atoms with van der Waals surface area (Å²) >= 11 is 0. The number of hydrogen-bond donors (Lipinski definition) is 0. The van der Waals surface area contributed by atoms with E-state index in [9.17, 15) is 14.0 Å². The largest absolute Gasteiger partial charge is 0.368 e. The summed E-state index contributed by atoms with van der Waals surface area (Å²) in [4.78, 5) is 33.3. The molecule has 1 aromatic carbocycles. The van der Waals surface area contributed by atoms with Crippen LogP contribution in [-0.2, 0) is 0 Å². The van der Waals surface area contributed by atoms with Crippen molar-refractivity contribution in [1.29, 1.82) is 0 Å². The predicted octanol–water partition coefficient (Wildman–Crippen LogP) is 1.80. The molecule has 0 aliphatic carbocycles. The quantitative estimate of drug-likeness (QED) is 0.706. The molecule has 2 aromatic heterocycles. The smallest absolute Gasteiger partial charge is 0.270 e. The topological polar surface area (TPSA) is 57.9 Å². The Hall–Kier alpha value is -3.22. The summed E-state index contributed by atoms with van der Waals surface area (Å²) in [6.07, 6.45) is 2.96. The van der Waals surface area contributed by atoms with Gasteiger partial charge in [0.1, 0.15) is 17.0 Å². The third-order valence-electron chi connectivity index (χ3n) is 4.60. The van der Waals surface area contributed by atoms with Crippen LogP contribution in [0.15, 0.2) is 59.7 Å². The van der Waals surface area contributed by atoms with Gasteiger partial charge in [-0.05, 0) is 36.4 Å². The fourth-order valence-electron chi connectivity index (χ4n) is 3.16. The van der Waals surface area contributed by atoms with Crippen LogP contribution in [0, 0.1) is 5.82 Å². The number of anilines is 1. The van der Waals surface area contributed by atoms with Gasteiger partial charge in [-0.1, -0.05) is 6.07 Å².